The van der Waals surface area contributed by atoms with E-state index in [1.807, 2.05) is 36.0 Å². The van der Waals surface area contributed by atoms with Crippen molar-refractivity contribution in [2.45, 2.75) is 33.2 Å². The van der Waals surface area contributed by atoms with Crippen molar-refractivity contribution in [1.82, 2.24) is 19.9 Å². The monoisotopic (exact) mass is 339 g/mol. The zero-order chi connectivity index (χ0) is 18.0. The molecule has 0 aliphatic carbocycles. The quantitative estimate of drug-likeness (QED) is 0.856. The Morgan fingerprint density at radius 1 is 1.24 bits per heavy atom. The van der Waals surface area contributed by atoms with Gasteiger partial charge in [-0.1, -0.05) is 13.8 Å². The first-order chi connectivity index (χ1) is 12.0. The lowest BCUT2D eigenvalue weighted by Gasteiger charge is -2.31. The van der Waals surface area contributed by atoms with Crippen LogP contribution in [-0.2, 0) is 17.8 Å². The number of nitrogens with zero attached hydrogens (tertiary/aromatic N) is 5. The summed E-state index contributed by atoms with van der Waals surface area (Å²) in [5, 5.41) is 0. The summed E-state index contributed by atoms with van der Waals surface area (Å²) in [5.74, 6) is 2.19. The zero-order valence-corrected chi connectivity index (χ0v) is 15.4. The van der Waals surface area contributed by atoms with Gasteiger partial charge in [-0.25, -0.2) is 9.97 Å². The average molecular weight is 339 g/mol. The maximum absolute atomic E-state index is 12.5. The molecule has 0 fully saturated rings. The number of hydrogen-bond donors (Lipinski definition) is 0. The summed E-state index contributed by atoms with van der Waals surface area (Å²) < 4.78 is 0. The van der Waals surface area contributed by atoms with E-state index in [9.17, 15) is 4.79 Å². The van der Waals surface area contributed by atoms with Crippen LogP contribution in [0.2, 0.25) is 0 Å². The smallest absolute Gasteiger partial charge is 0.223 e. The summed E-state index contributed by atoms with van der Waals surface area (Å²) >= 11 is 0. The highest BCUT2D eigenvalue weighted by Gasteiger charge is 2.26. The predicted octanol–water partition coefficient (Wildman–Crippen LogP) is 2.54. The molecule has 0 atom stereocenters. The standard InChI is InChI=1S/C19H25N5O/c1-13(2)11-17(25)24-10-7-15-16(12-24)21-18(22-19(15)23(3)4)14-5-8-20-9-6-14/h5-6,8-9,13H,7,10-12H2,1-4H3. The van der Waals surface area contributed by atoms with Crippen molar-refractivity contribution in [3.05, 3.63) is 35.8 Å². The summed E-state index contributed by atoms with van der Waals surface area (Å²) in [7, 11) is 3.99. The van der Waals surface area contributed by atoms with Crippen LogP contribution in [0, 0.1) is 5.92 Å². The van der Waals surface area contributed by atoms with Crippen LogP contribution < -0.4 is 4.90 Å². The van der Waals surface area contributed by atoms with E-state index < -0.39 is 0 Å². The van der Waals surface area contributed by atoms with Crippen molar-refractivity contribution >= 4 is 11.7 Å². The molecule has 1 aliphatic heterocycles. The van der Waals surface area contributed by atoms with Gasteiger partial charge >= 0.3 is 0 Å². The van der Waals surface area contributed by atoms with Gasteiger partial charge in [-0.15, -0.1) is 0 Å². The van der Waals surface area contributed by atoms with Crippen molar-refractivity contribution in [2.75, 3.05) is 25.5 Å². The Bertz CT molecular complexity index is 758. The first-order valence-corrected chi connectivity index (χ1v) is 8.71. The van der Waals surface area contributed by atoms with Crippen LogP contribution in [-0.4, -0.2) is 46.4 Å². The van der Waals surface area contributed by atoms with Gasteiger partial charge in [0.1, 0.15) is 5.82 Å². The van der Waals surface area contributed by atoms with Crippen molar-refractivity contribution < 1.29 is 4.79 Å². The van der Waals surface area contributed by atoms with E-state index in [0.717, 1.165) is 35.6 Å². The molecule has 0 saturated carbocycles. The molecule has 25 heavy (non-hydrogen) atoms. The van der Waals surface area contributed by atoms with Crippen LogP contribution in [0.5, 0.6) is 0 Å². The Morgan fingerprint density at radius 3 is 2.60 bits per heavy atom. The van der Waals surface area contributed by atoms with Crippen molar-refractivity contribution in [3.63, 3.8) is 0 Å². The molecule has 0 unspecified atom stereocenters. The second kappa shape index (κ2) is 7.17. The maximum atomic E-state index is 12.5. The molecule has 0 N–H and O–H groups in total. The molecule has 2 aromatic rings. The predicted molar refractivity (Wildman–Crippen MR) is 98.2 cm³/mol. The van der Waals surface area contributed by atoms with Gasteiger partial charge in [-0.2, -0.15) is 0 Å². The van der Waals surface area contributed by atoms with Gasteiger partial charge in [0, 0.05) is 50.6 Å². The lowest BCUT2D eigenvalue weighted by atomic mass is 10.0. The fourth-order valence-electron chi connectivity index (χ4n) is 3.10. The summed E-state index contributed by atoms with van der Waals surface area (Å²) in [6.07, 6.45) is 4.86. The van der Waals surface area contributed by atoms with Gasteiger partial charge in [0.2, 0.25) is 5.91 Å². The van der Waals surface area contributed by atoms with Gasteiger partial charge in [0.25, 0.3) is 0 Å². The van der Waals surface area contributed by atoms with Gasteiger partial charge in [-0.05, 0) is 24.5 Å². The average Bonchev–Trinajstić information content (AvgIpc) is 2.60. The van der Waals surface area contributed by atoms with Crippen molar-refractivity contribution in [2.24, 2.45) is 5.92 Å². The zero-order valence-electron chi connectivity index (χ0n) is 15.4. The minimum Gasteiger partial charge on any atom is -0.362 e. The number of fused-ring (bicyclic) bond motifs is 1. The minimum absolute atomic E-state index is 0.205. The molecule has 3 heterocycles. The first-order valence-electron chi connectivity index (χ1n) is 8.71. The van der Waals surface area contributed by atoms with Crippen LogP contribution in [0.3, 0.4) is 0 Å². The molecule has 132 valence electrons. The van der Waals surface area contributed by atoms with Crippen LogP contribution in [0.15, 0.2) is 24.5 Å². The number of carbonyl (C=O) groups excluding carboxylic acids is 1. The molecule has 6 heteroatoms. The van der Waals surface area contributed by atoms with Crippen LogP contribution in [0.25, 0.3) is 11.4 Å². The molecule has 2 aromatic heterocycles. The number of rotatable bonds is 4. The topological polar surface area (TPSA) is 62.2 Å². The normalized spacial score (nSPS) is 13.7. The Hall–Kier alpha value is -2.50. The van der Waals surface area contributed by atoms with E-state index in [1.54, 1.807) is 12.4 Å². The molecule has 0 spiro atoms. The number of hydrogen-bond acceptors (Lipinski definition) is 5. The van der Waals surface area contributed by atoms with Crippen molar-refractivity contribution in [3.8, 4) is 11.4 Å². The minimum atomic E-state index is 0.205. The van der Waals surface area contributed by atoms with E-state index >= 15 is 0 Å². The molecule has 0 bridgehead atoms. The second-order valence-electron chi connectivity index (χ2n) is 7.09. The number of anilines is 1. The van der Waals surface area contributed by atoms with Crippen LogP contribution >= 0.6 is 0 Å². The fraction of sp³-hybridized carbons (Fsp3) is 0.474. The van der Waals surface area contributed by atoms with E-state index in [-0.39, 0.29) is 5.91 Å². The van der Waals surface area contributed by atoms with E-state index in [0.29, 0.717) is 24.7 Å². The Balaban J connectivity index is 1.97. The summed E-state index contributed by atoms with van der Waals surface area (Å²) in [5.41, 5.74) is 3.04. The largest absolute Gasteiger partial charge is 0.362 e. The highest BCUT2D eigenvalue weighted by molar-refractivity contribution is 5.77. The summed E-state index contributed by atoms with van der Waals surface area (Å²) in [6, 6.07) is 3.82. The first kappa shape index (κ1) is 17.3. The summed E-state index contributed by atoms with van der Waals surface area (Å²) in [4.78, 5) is 30.0. The lowest BCUT2D eigenvalue weighted by molar-refractivity contribution is -0.132. The third-order valence-corrected chi connectivity index (χ3v) is 4.34. The second-order valence-corrected chi connectivity index (χ2v) is 7.09. The van der Waals surface area contributed by atoms with Gasteiger partial charge in [0.15, 0.2) is 5.82 Å². The van der Waals surface area contributed by atoms with Gasteiger partial charge in [0.05, 0.1) is 12.2 Å². The molecular weight excluding hydrogens is 314 g/mol. The Morgan fingerprint density at radius 2 is 1.96 bits per heavy atom. The SMILES string of the molecule is CC(C)CC(=O)N1CCc2c(nc(-c3ccncc3)nc2N(C)C)C1. The molecule has 0 saturated heterocycles. The Labute approximate surface area is 148 Å². The van der Waals surface area contributed by atoms with E-state index in [1.165, 1.54) is 0 Å². The molecule has 0 radical (unpaired) electrons. The third kappa shape index (κ3) is 3.78. The number of amides is 1. The van der Waals surface area contributed by atoms with Crippen LogP contribution in [0.4, 0.5) is 5.82 Å². The number of aromatic nitrogens is 3. The number of carbonyl (C=O) groups is 1. The third-order valence-electron chi connectivity index (χ3n) is 4.34. The molecule has 0 aromatic carbocycles. The van der Waals surface area contributed by atoms with Crippen LogP contribution in [0.1, 0.15) is 31.5 Å². The Kier molecular flexibility index (Phi) is 4.97. The molecular formula is C19H25N5O. The van der Waals surface area contributed by atoms with E-state index in [4.69, 9.17) is 9.97 Å². The molecule has 1 amide bonds. The fourth-order valence-corrected chi connectivity index (χ4v) is 3.10. The number of pyridine rings is 1. The summed E-state index contributed by atoms with van der Waals surface area (Å²) in [6.45, 7) is 5.44. The van der Waals surface area contributed by atoms with Gasteiger partial charge in [-0.3, -0.25) is 9.78 Å². The molecule has 6 nitrogen and oxygen atoms in total. The molecule has 1 aliphatic rings. The van der Waals surface area contributed by atoms with Crippen molar-refractivity contribution in [1.29, 1.82) is 0 Å². The highest BCUT2D eigenvalue weighted by Crippen LogP contribution is 2.28. The van der Waals surface area contributed by atoms with Gasteiger partial charge < -0.3 is 9.80 Å². The highest BCUT2D eigenvalue weighted by atomic mass is 16.2. The lowest BCUT2D eigenvalue weighted by Crippen LogP contribution is -2.38. The maximum Gasteiger partial charge on any atom is 0.223 e. The van der Waals surface area contributed by atoms with E-state index in [2.05, 4.69) is 18.8 Å². The molecule has 3 rings (SSSR count).